The SMILES string of the molecule is C[C@@H](N)c1cccnc1N1CC2CCC(O)C2C1. The molecular weight excluding hydrogens is 226 g/mol. The van der Waals surface area contributed by atoms with E-state index in [0.717, 1.165) is 37.3 Å². The summed E-state index contributed by atoms with van der Waals surface area (Å²) >= 11 is 0. The van der Waals surface area contributed by atoms with E-state index in [1.807, 2.05) is 19.2 Å². The van der Waals surface area contributed by atoms with Crippen molar-refractivity contribution >= 4 is 5.82 Å². The molecule has 2 fully saturated rings. The first-order chi connectivity index (χ1) is 8.66. The molecule has 3 rings (SSSR count). The predicted octanol–water partition coefficient (Wildman–Crippen LogP) is 1.31. The first-order valence-electron chi connectivity index (χ1n) is 6.80. The van der Waals surface area contributed by atoms with E-state index in [1.165, 1.54) is 0 Å². The van der Waals surface area contributed by atoms with E-state index in [1.54, 1.807) is 0 Å². The quantitative estimate of drug-likeness (QED) is 0.827. The fourth-order valence-corrected chi connectivity index (χ4v) is 3.44. The van der Waals surface area contributed by atoms with Crippen LogP contribution in [0.5, 0.6) is 0 Å². The van der Waals surface area contributed by atoms with Crippen LogP contribution in [-0.4, -0.2) is 29.3 Å². The molecule has 1 aromatic rings. The lowest BCUT2D eigenvalue weighted by Crippen LogP contribution is -2.27. The van der Waals surface area contributed by atoms with E-state index in [9.17, 15) is 5.11 Å². The van der Waals surface area contributed by atoms with Gasteiger partial charge in [0, 0.05) is 36.8 Å². The molecule has 1 aromatic heterocycles. The Morgan fingerprint density at radius 1 is 1.44 bits per heavy atom. The van der Waals surface area contributed by atoms with Crippen molar-refractivity contribution in [2.24, 2.45) is 17.6 Å². The van der Waals surface area contributed by atoms with Gasteiger partial charge in [0.15, 0.2) is 0 Å². The molecule has 0 amide bonds. The molecule has 1 saturated carbocycles. The van der Waals surface area contributed by atoms with Gasteiger partial charge in [-0.05, 0) is 31.7 Å². The summed E-state index contributed by atoms with van der Waals surface area (Å²) in [7, 11) is 0. The van der Waals surface area contributed by atoms with Gasteiger partial charge in [0.25, 0.3) is 0 Å². The zero-order chi connectivity index (χ0) is 12.7. The number of aromatic nitrogens is 1. The second kappa shape index (κ2) is 4.52. The third-order valence-electron chi connectivity index (χ3n) is 4.43. The van der Waals surface area contributed by atoms with Gasteiger partial charge < -0.3 is 15.7 Å². The molecule has 2 aliphatic rings. The van der Waals surface area contributed by atoms with Crippen LogP contribution in [0.2, 0.25) is 0 Å². The van der Waals surface area contributed by atoms with Gasteiger partial charge in [-0.3, -0.25) is 0 Å². The topological polar surface area (TPSA) is 62.4 Å². The van der Waals surface area contributed by atoms with Crippen LogP contribution in [-0.2, 0) is 0 Å². The highest BCUT2D eigenvalue weighted by Gasteiger charge is 2.42. The second-order valence-corrected chi connectivity index (χ2v) is 5.68. The molecule has 1 aliphatic carbocycles. The van der Waals surface area contributed by atoms with Crippen molar-refractivity contribution in [2.75, 3.05) is 18.0 Å². The van der Waals surface area contributed by atoms with Gasteiger partial charge in [-0.2, -0.15) is 0 Å². The van der Waals surface area contributed by atoms with Crippen LogP contribution in [0.3, 0.4) is 0 Å². The van der Waals surface area contributed by atoms with Gasteiger partial charge >= 0.3 is 0 Å². The van der Waals surface area contributed by atoms with Crippen LogP contribution in [0.1, 0.15) is 31.4 Å². The zero-order valence-corrected chi connectivity index (χ0v) is 10.8. The fraction of sp³-hybridized carbons (Fsp3) is 0.643. The van der Waals surface area contributed by atoms with Crippen LogP contribution >= 0.6 is 0 Å². The number of anilines is 1. The molecule has 4 heteroatoms. The summed E-state index contributed by atoms with van der Waals surface area (Å²) in [5.41, 5.74) is 7.11. The average Bonchev–Trinajstić information content (AvgIpc) is 2.92. The zero-order valence-electron chi connectivity index (χ0n) is 10.8. The van der Waals surface area contributed by atoms with Crippen LogP contribution in [0.4, 0.5) is 5.82 Å². The molecule has 98 valence electrons. The van der Waals surface area contributed by atoms with Crippen molar-refractivity contribution in [1.82, 2.24) is 4.98 Å². The monoisotopic (exact) mass is 247 g/mol. The first kappa shape index (κ1) is 11.9. The maximum Gasteiger partial charge on any atom is 0.133 e. The lowest BCUT2D eigenvalue weighted by Gasteiger charge is -2.23. The van der Waals surface area contributed by atoms with Crippen molar-refractivity contribution in [2.45, 2.75) is 31.9 Å². The maximum absolute atomic E-state index is 9.97. The lowest BCUT2D eigenvalue weighted by atomic mass is 10.00. The van der Waals surface area contributed by atoms with E-state index in [4.69, 9.17) is 5.73 Å². The number of nitrogens with two attached hydrogens (primary N) is 1. The Balaban J connectivity index is 1.85. The predicted molar refractivity (Wildman–Crippen MR) is 71.3 cm³/mol. The normalized spacial score (nSPS) is 32.6. The molecule has 4 atom stereocenters. The third-order valence-corrected chi connectivity index (χ3v) is 4.43. The van der Waals surface area contributed by atoms with E-state index >= 15 is 0 Å². The van der Waals surface area contributed by atoms with Gasteiger partial charge in [0.05, 0.1) is 6.10 Å². The number of aliphatic hydroxyl groups excluding tert-OH is 1. The van der Waals surface area contributed by atoms with Crippen molar-refractivity contribution in [3.8, 4) is 0 Å². The standard InChI is InChI=1S/C14H21N3O/c1-9(15)11-3-2-6-16-14(11)17-7-10-4-5-13(18)12(10)8-17/h2-3,6,9-10,12-13,18H,4-5,7-8,15H2,1H3/t9-,10?,12?,13?/m1/s1. The summed E-state index contributed by atoms with van der Waals surface area (Å²) in [5.74, 6) is 2.06. The fourth-order valence-electron chi connectivity index (χ4n) is 3.44. The number of aliphatic hydroxyl groups is 1. The molecule has 1 saturated heterocycles. The molecule has 2 heterocycles. The van der Waals surface area contributed by atoms with Crippen LogP contribution < -0.4 is 10.6 Å². The number of hydrogen-bond donors (Lipinski definition) is 2. The minimum atomic E-state index is -0.123. The summed E-state index contributed by atoms with van der Waals surface area (Å²) in [5, 5.41) is 9.97. The third kappa shape index (κ3) is 1.89. The minimum Gasteiger partial charge on any atom is -0.393 e. The van der Waals surface area contributed by atoms with E-state index in [-0.39, 0.29) is 12.1 Å². The van der Waals surface area contributed by atoms with Crippen molar-refractivity contribution in [1.29, 1.82) is 0 Å². The molecule has 3 unspecified atom stereocenters. The Morgan fingerprint density at radius 2 is 2.28 bits per heavy atom. The van der Waals surface area contributed by atoms with E-state index in [0.29, 0.717) is 11.8 Å². The van der Waals surface area contributed by atoms with E-state index < -0.39 is 0 Å². The summed E-state index contributed by atoms with van der Waals surface area (Å²) in [6.07, 6.45) is 3.81. The number of hydrogen-bond acceptors (Lipinski definition) is 4. The molecule has 4 nitrogen and oxygen atoms in total. The average molecular weight is 247 g/mol. The molecule has 0 spiro atoms. The molecule has 1 aliphatic heterocycles. The maximum atomic E-state index is 9.97. The largest absolute Gasteiger partial charge is 0.393 e. The number of fused-ring (bicyclic) bond motifs is 1. The van der Waals surface area contributed by atoms with Crippen LogP contribution in [0.15, 0.2) is 18.3 Å². The van der Waals surface area contributed by atoms with Gasteiger partial charge in [-0.1, -0.05) is 6.07 Å². The Kier molecular flexibility index (Phi) is 2.99. The van der Waals surface area contributed by atoms with Gasteiger partial charge in [-0.25, -0.2) is 4.98 Å². The Bertz CT molecular complexity index is 435. The number of nitrogens with zero attached hydrogens (tertiary/aromatic N) is 2. The van der Waals surface area contributed by atoms with E-state index in [2.05, 4.69) is 16.0 Å². The molecule has 0 bridgehead atoms. The van der Waals surface area contributed by atoms with Crippen LogP contribution in [0, 0.1) is 11.8 Å². The molecular formula is C14H21N3O. The summed E-state index contributed by atoms with van der Waals surface area (Å²) in [6.45, 7) is 3.92. The van der Waals surface area contributed by atoms with Gasteiger partial charge in [0.1, 0.15) is 5.82 Å². The van der Waals surface area contributed by atoms with Gasteiger partial charge in [-0.15, -0.1) is 0 Å². The van der Waals surface area contributed by atoms with Crippen molar-refractivity contribution in [3.05, 3.63) is 23.9 Å². The van der Waals surface area contributed by atoms with Gasteiger partial charge in [0.2, 0.25) is 0 Å². The molecule has 0 radical (unpaired) electrons. The number of rotatable bonds is 2. The summed E-state index contributed by atoms with van der Waals surface area (Å²) in [4.78, 5) is 6.80. The second-order valence-electron chi connectivity index (χ2n) is 5.68. The molecule has 3 N–H and O–H groups in total. The summed E-state index contributed by atoms with van der Waals surface area (Å²) < 4.78 is 0. The van der Waals surface area contributed by atoms with Crippen molar-refractivity contribution < 1.29 is 5.11 Å². The van der Waals surface area contributed by atoms with Crippen molar-refractivity contribution in [3.63, 3.8) is 0 Å². The Morgan fingerprint density at radius 3 is 3.00 bits per heavy atom. The van der Waals surface area contributed by atoms with Crippen LogP contribution in [0.25, 0.3) is 0 Å². The minimum absolute atomic E-state index is 0.000867. The highest BCUT2D eigenvalue weighted by Crippen LogP contribution is 2.40. The molecule has 0 aromatic carbocycles. The Hall–Kier alpha value is -1.13. The summed E-state index contributed by atoms with van der Waals surface area (Å²) in [6, 6.07) is 3.99. The highest BCUT2D eigenvalue weighted by atomic mass is 16.3. The molecule has 18 heavy (non-hydrogen) atoms. The lowest BCUT2D eigenvalue weighted by molar-refractivity contribution is 0.133. The first-order valence-corrected chi connectivity index (χ1v) is 6.80. The highest BCUT2D eigenvalue weighted by molar-refractivity contribution is 5.49. The smallest absolute Gasteiger partial charge is 0.133 e. The Labute approximate surface area is 108 Å². The number of pyridine rings is 1.